The van der Waals surface area contributed by atoms with Gasteiger partial charge in [0.15, 0.2) is 0 Å². The maximum atomic E-state index is 13.6. The molecule has 0 atom stereocenters. The van der Waals surface area contributed by atoms with Crippen molar-refractivity contribution in [3.63, 3.8) is 0 Å². The van der Waals surface area contributed by atoms with Crippen molar-refractivity contribution in [2.45, 2.75) is 24.7 Å². The minimum absolute atomic E-state index is 0.0320. The number of anilines is 2. The fourth-order valence-corrected chi connectivity index (χ4v) is 4.88. The smallest absolute Gasteiger partial charge is 0.264 e. The molecule has 8 heteroatoms. The zero-order valence-electron chi connectivity index (χ0n) is 19.1. The van der Waals surface area contributed by atoms with Gasteiger partial charge in [-0.15, -0.1) is 0 Å². The number of nitrogens with zero attached hydrogens (tertiary/aromatic N) is 1. The summed E-state index contributed by atoms with van der Waals surface area (Å²) in [7, 11) is -1.13. The van der Waals surface area contributed by atoms with Gasteiger partial charge in [0.2, 0.25) is 5.91 Å². The fourth-order valence-electron chi connectivity index (χ4n) is 3.44. The maximum Gasteiger partial charge on any atom is 0.264 e. The third kappa shape index (κ3) is 5.46. The van der Waals surface area contributed by atoms with Crippen LogP contribution in [0.5, 0.6) is 11.5 Å². The van der Waals surface area contributed by atoms with Crippen LogP contribution < -0.4 is 19.1 Å². The van der Waals surface area contributed by atoms with Crippen LogP contribution in [0.1, 0.15) is 25.3 Å². The van der Waals surface area contributed by atoms with Crippen LogP contribution in [0.2, 0.25) is 0 Å². The molecule has 33 heavy (non-hydrogen) atoms. The van der Waals surface area contributed by atoms with E-state index in [0.717, 1.165) is 9.87 Å². The molecule has 1 amide bonds. The normalized spacial score (nSPS) is 11.2. The molecule has 0 spiro atoms. The van der Waals surface area contributed by atoms with Gasteiger partial charge in [0.1, 0.15) is 18.0 Å². The minimum Gasteiger partial charge on any atom is -0.497 e. The molecular weight excluding hydrogens is 440 g/mol. The number of methoxy groups -OCH3 is 2. The van der Waals surface area contributed by atoms with Crippen LogP contribution in [0.25, 0.3) is 0 Å². The molecule has 0 fully saturated rings. The molecule has 3 aromatic rings. The average molecular weight is 469 g/mol. The summed E-state index contributed by atoms with van der Waals surface area (Å²) in [5.74, 6) is 0.590. The zero-order chi connectivity index (χ0) is 24.0. The summed E-state index contributed by atoms with van der Waals surface area (Å²) < 4.78 is 38.8. The van der Waals surface area contributed by atoms with Crippen LogP contribution in [0.15, 0.2) is 77.7 Å². The number of hydrogen-bond acceptors (Lipinski definition) is 5. The van der Waals surface area contributed by atoms with Crippen LogP contribution in [-0.4, -0.2) is 35.1 Å². The monoisotopic (exact) mass is 468 g/mol. The Hall–Kier alpha value is -3.52. The van der Waals surface area contributed by atoms with Gasteiger partial charge in [-0.3, -0.25) is 9.10 Å². The van der Waals surface area contributed by atoms with Crippen molar-refractivity contribution >= 4 is 27.3 Å². The van der Waals surface area contributed by atoms with E-state index in [9.17, 15) is 13.2 Å². The lowest BCUT2D eigenvalue weighted by atomic mass is 10.0. The lowest BCUT2D eigenvalue weighted by Gasteiger charge is -2.26. The highest BCUT2D eigenvalue weighted by atomic mass is 32.2. The molecule has 1 N–H and O–H groups in total. The largest absolute Gasteiger partial charge is 0.497 e. The Balaban J connectivity index is 2.00. The van der Waals surface area contributed by atoms with E-state index in [0.29, 0.717) is 17.2 Å². The van der Waals surface area contributed by atoms with Gasteiger partial charge in [0.05, 0.1) is 24.8 Å². The standard InChI is InChI=1S/C25H28N2O5S/c1-18(2)21-9-5-6-10-22(21)26-25(28)17-27(23-11-7-8-12-24(23)32-4)33(29,30)20-15-13-19(31-3)14-16-20/h5-16,18H,17H2,1-4H3,(H,26,28). The molecular formula is C25H28N2O5S. The van der Waals surface area contributed by atoms with E-state index in [4.69, 9.17) is 9.47 Å². The number of amides is 1. The summed E-state index contributed by atoms with van der Waals surface area (Å²) >= 11 is 0. The SMILES string of the molecule is COc1ccc(S(=O)(=O)N(CC(=O)Nc2ccccc2C(C)C)c2ccccc2OC)cc1. The van der Waals surface area contributed by atoms with Crippen molar-refractivity contribution in [1.82, 2.24) is 0 Å². The van der Waals surface area contributed by atoms with E-state index in [2.05, 4.69) is 5.32 Å². The highest BCUT2D eigenvalue weighted by molar-refractivity contribution is 7.92. The molecule has 7 nitrogen and oxygen atoms in total. The first-order chi connectivity index (χ1) is 15.8. The third-order valence-electron chi connectivity index (χ3n) is 5.15. The second kappa shape index (κ2) is 10.4. The average Bonchev–Trinajstić information content (AvgIpc) is 2.82. The Morgan fingerprint density at radius 1 is 0.909 bits per heavy atom. The molecule has 0 saturated heterocycles. The number of carbonyl (C=O) groups excluding carboxylic acids is 1. The van der Waals surface area contributed by atoms with Crippen molar-refractivity contribution in [3.8, 4) is 11.5 Å². The van der Waals surface area contributed by atoms with E-state index >= 15 is 0 Å². The number of sulfonamides is 1. The van der Waals surface area contributed by atoms with Crippen molar-refractivity contribution < 1.29 is 22.7 Å². The molecule has 0 aromatic heterocycles. The molecule has 3 rings (SSSR count). The van der Waals surface area contributed by atoms with Gasteiger partial charge in [0, 0.05) is 5.69 Å². The van der Waals surface area contributed by atoms with Crippen LogP contribution in [-0.2, 0) is 14.8 Å². The number of para-hydroxylation sites is 3. The Bertz CT molecular complexity index is 1210. The van der Waals surface area contributed by atoms with Crippen molar-refractivity contribution in [2.24, 2.45) is 0 Å². The fraction of sp³-hybridized carbons (Fsp3) is 0.240. The summed E-state index contributed by atoms with van der Waals surface area (Å²) in [4.78, 5) is 13.1. The van der Waals surface area contributed by atoms with E-state index in [1.54, 1.807) is 42.5 Å². The lowest BCUT2D eigenvalue weighted by molar-refractivity contribution is -0.114. The molecule has 0 radical (unpaired) electrons. The molecule has 3 aromatic carbocycles. The summed E-state index contributed by atoms with van der Waals surface area (Å²) in [6.07, 6.45) is 0. The number of nitrogens with one attached hydrogen (secondary N) is 1. The van der Waals surface area contributed by atoms with Crippen LogP contribution in [0.4, 0.5) is 11.4 Å². The van der Waals surface area contributed by atoms with Crippen molar-refractivity contribution in [1.29, 1.82) is 0 Å². The number of rotatable bonds is 9. The molecule has 0 aliphatic heterocycles. The van der Waals surface area contributed by atoms with Crippen LogP contribution in [0.3, 0.4) is 0 Å². The highest BCUT2D eigenvalue weighted by Gasteiger charge is 2.29. The molecule has 0 aliphatic carbocycles. The maximum absolute atomic E-state index is 13.6. The molecule has 0 aliphatic rings. The van der Waals surface area contributed by atoms with E-state index in [1.807, 2.05) is 32.0 Å². The van der Waals surface area contributed by atoms with Gasteiger partial charge in [0.25, 0.3) is 10.0 Å². The van der Waals surface area contributed by atoms with Crippen LogP contribution in [0, 0.1) is 0 Å². The van der Waals surface area contributed by atoms with Gasteiger partial charge < -0.3 is 14.8 Å². The second-order valence-electron chi connectivity index (χ2n) is 7.65. The summed E-state index contributed by atoms with van der Waals surface area (Å²) in [6, 6.07) is 20.2. The molecule has 174 valence electrons. The van der Waals surface area contributed by atoms with E-state index in [-0.39, 0.29) is 16.5 Å². The second-order valence-corrected chi connectivity index (χ2v) is 9.51. The van der Waals surface area contributed by atoms with Crippen LogP contribution >= 0.6 is 0 Å². The number of benzene rings is 3. The van der Waals surface area contributed by atoms with Gasteiger partial charge in [-0.1, -0.05) is 44.2 Å². The first-order valence-corrected chi connectivity index (χ1v) is 11.9. The Labute approximate surface area is 195 Å². The van der Waals surface area contributed by atoms with E-state index < -0.39 is 22.5 Å². The predicted molar refractivity (Wildman–Crippen MR) is 130 cm³/mol. The summed E-state index contributed by atoms with van der Waals surface area (Å²) in [5.41, 5.74) is 1.88. The summed E-state index contributed by atoms with van der Waals surface area (Å²) in [5, 5.41) is 2.87. The first-order valence-electron chi connectivity index (χ1n) is 10.5. The zero-order valence-corrected chi connectivity index (χ0v) is 19.9. The quantitative estimate of drug-likeness (QED) is 0.494. The van der Waals surface area contributed by atoms with Gasteiger partial charge in [-0.2, -0.15) is 0 Å². The third-order valence-corrected chi connectivity index (χ3v) is 6.92. The van der Waals surface area contributed by atoms with Gasteiger partial charge >= 0.3 is 0 Å². The Morgan fingerprint density at radius 2 is 1.55 bits per heavy atom. The topological polar surface area (TPSA) is 84.9 Å². The van der Waals surface area contributed by atoms with Gasteiger partial charge in [-0.05, 0) is 53.9 Å². The molecule has 0 saturated carbocycles. The number of hydrogen-bond donors (Lipinski definition) is 1. The first kappa shape index (κ1) is 24.1. The van der Waals surface area contributed by atoms with Crippen molar-refractivity contribution in [2.75, 3.05) is 30.4 Å². The summed E-state index contributed by atoms with van der Waals surface area (Å²) in [6.45, 7) is 3.63. The highest BCUT2D eigenvalue weighted by Crippen LogP contribution is 2.33. The molecule has 0 bridgehead atoms. The number of ether oxygens (including phenoxy) is 2. The number of carbonyl (C=O) groups is 1. The minimum atomic E-state index is -4.09. The predicted octanol–water partition coefficient (Wildman–Crippen LogP) is 4.66. The Morgan fingerprint density at radius 3 is 2.18 bits per heavy atom. The van der Waals surface area contributed by atoms with Gasteiger partial charge in [-0.25, -0.2) is 8.42 Å². The molecule has 0 heterocycles. The lowest BCUT2D eigenvalue weighted by Crippen LogP contribution is -2.38. The van der Waals surface area contributed by atoms with E-state index in [1.165, 1.54) is 26.4 Å². The Kier molecular flexibility index (Phi) is 7.60. The van der Waals surface area contributed by atoms with Crippen molar-refractivity contribution in [3.05, 3.63) is 78.4 Å². The molecule has 0 unspecified atom stereocenters.